The summed E-state index contributed by atoms with van der Waals surface area (Å²) in [5, 5.41) is 0. The van der Waals surface area contributed by atoms with Gasteiger partial charge in [-0.1, -0.05) is 17.0 Å². The fourth-order valence-electron chi connectivity index (χ4n) is 0.213. The molecule has 0 fully saturated rings. The maximum Gasteiger partial charge on any atom is 0.0305 e. The summed E-state index contributed by atoms with van der Waals surface area (Å²) < 4.78 is 0. The van der Waals surface area contributed by atoms with E-state index in [0.717, 1.165) is 19.0 Å². The Kier molecular flexibility index (Phi) is 7.72. The molecule has 10 radical (unpaired) electrons. The van der Waals surface area contributed by atoms with Gasteiger partial charge in [-0.2, -0.15) is 0 Å². The van der Waals surface area contributed by atoms with Crippen molar-refractivity contribution in [3.05, 3.63) is 0 Å². The third kappa shape index (κ3) is 6.87. The summed E-state index contributed by atoms with van der Waals surface area (Å²) in [6, 6.07) is 0. The molecule has 0 heterocycles. The second-order valence-corrected chi connectivity index (χ2v) is 6.27. The maximum atomic E-state index is 3.42. The van der Waals surface area contributed by atoms with Crippen molar-refractivity contribution in [2.45, 2.75) is 17.0 Å². The Hall–Kier alpha value is 0.868. The first kappa shape index (κ1) is 7.87. The normalized spacial score (nSPS) is 9.43. The lowest BCUT2D eigenvalue weighted by molar-refractivity contribution is 1.83. The van der Waals surface area contributed by atoms with Gasteiger partial charge in [0.05, 0.1) is 0 Å². The van der Waals surface area contributed by atoms with Crippen LogP contribution in [0.25, 0.3) is 0 Å². The third-order valence-electron chi connectivity index (χ3n) is 0.500. The van der Waals surface area contributed by atoms with Gasteiger partial charge >= 0.3 is 0 Å². The smallest absolute Gasteiger partial charge is 0.0305 e. The van der Waals surface area contributed by atoms with E-state index in [1.54, 1.807) is 0 Å². The van der Waals surface area contributed by atoms with Crippen LogP contribution < -0.4 is 0 Å². The van der Waals surface area contributed by atoms with Gasteiger partial charge in [-0.25, -0.2) is 0 Å². The summed E-state index contributed by atoms with van der Waals surface area (Å²) in [4.78, 5) is 0. The Morgan fingerprint density at radius 2 is 1.43 bits per heavy atom. The monoisotopic (exact) mass is 154 g/mol. The molecule has 0 bridgehead atoms. The molecule has 0 aromatic rings. The molecule has 0 saturated heterocycles. The first-order valence-electron chi connectivity index (χ1n) is 2.12. The molecule has 0 amide bonds. The summed E-state index contributed by atoms with van der Waals surface area (Å²) in [5.41, 5.74) is 3.76. The molecule has 0 nitrogen and oxygen atoms in total. The van der Waals surface area contributed by atoms with Crippen LogP contribution in [0.2, 0.25) is 17.0 Å². The predicted molar refractivity (Wildman–Crippen MR) is 37.4 cm³/mol. The zero-order valence-corrected chi connectivity index (χ0v) is 8.12. The molecule has 0 spiro atoms. The van der Waals surface area contributed by atoms with Gasteiger partial charge in [-0.15, -0.1) is 0 Å². The van der Waals surface area contributed by atoms with Gasteiger partial charge in [0.1, 0.15) is 0 Å². The number of rotatable bonds is 4. The quantitative estimate of drug-likeness (QED) is 0.391. The highest BCUT2D eigenvalue weighted by Crippen LogP contribution is 1.79. The highest BCUT2D eigenvalue weighted by Gasteiger charge is 1.83. The first-order chi connectivity index (χ1) is 3.41. The van der Waals surface area contributed by atoms with Gasteiger partial charge in [0.2, 0.25) is 0 Å². The van der Waals surface area contributed by atoms with E-state index < -0.39 is 0 Å². The van der Waals surface area contributed by atoms with E-state index >= 15 is 0 Å². The Balaban J connectivity index is 2.45. The zero-order valence-electron chi connectivity index (χ0n) is 4.12. The molecular weight excluding hydrogens is 148 g/mol. The molecule has 0 atom stereocenters. The SMILES string of the molecule is [Si]C[Si]C[Si]C[Si]. The molecule has 0 aliphatic rings. The van der Waals surface area contributed by atoms with Crippen molar-refractivity contribution in [2.75, 3.05) is 0 Å². The third-order valence-corrected chi connectivity index (χ3v) is 4.50. The molecule has 0 aromatic carbocycles. The van der Waals surface area contributed by atoms with Gasteiger partial charge in [-0.05, 0) is 0 Å². The van der Waals surface area contributed by atoms with Crippen molar-refractivity contribution in [3.8, 4) is 0 Å². The molecule has 0 rings (SSSR count). The van der Waals surface area contributed by atoms with Gasteiger partial charge in [0, 0.05) is 39.5 Å². The van der Waals surface area contributed by atoms with E-state index in [2.05, 4.69) is 20.5 Å². The summed E-state index contributed by atoms with van der Waals surface area (Å²) in [5.74, 6) is 0. The summed E-state index contributed by atoms with van der Waals surface area (Å²) >= 11 is 0. The zero-order chi connectivity index (χ0) is 5.54. The van der Waals surface area contributed by atoms with Crippen LogP contribution >= 0.6 is 0 Å². The second-order valence-electron chi connectivity index (χ2n) is 1.03. The van der Waals surface area contributed by atoms with E-state index in [9.17, 15) is 0 Å². The van der Waals surface area contributed by atoms with Gasteiger partial charge in [0.25, 0.3) is 0 Å². The number of hydrogen-bond acceptors (Lipinski definition) is 0. The molecule has 34 valence electrons. The standard InChI is InChI=1S/C3H6Si4/c4-1-6-3-7-2-5/h1-3H2. The average Bonchev–Trinajstić information content (AvgIpc) is 1.69. The Bertz CT molecular complexity index is 26.1. The minimum atomic E-state index is 1.12. The lowest BCUT2D eigenvalue weighted by atomic mass is 11.8. The van der Waals surface area contributed by atoms with Crippen LogP contribution in [0.5, 0.6) is 0 Å². The average molecular weight is 154 g/mol. The van der Waals surface area contributed by atoms with Crippen molar-refractivity contribution in [1.29, 1.82) is 0 Å². The Morgan fingerprint density at radius 1 is 1.00 bits per heavy atom. The lowest BCUT2D eigenvalue weighted by Crippen LogP contribution is -1.95. The van der Waals surface area contributed by atoms with E-state index in [1.807, 2.05) is 0 Å². The van der Waals surface area contributed by atoms with Crippen molar-refractivity contribution < 1.29 is 0 Å². The molecule has 0 N–H and O–H groups in total. The van der Waals surface area contributed by atoms with Crippen molar-refractivity contribution in [1.82, 2.24) is 0 Å². The minimum absolute atomic E-state index is 1.12. The first-order valence-corrected chi connectivity index (χ1v) is 6.36. The van der Waals surface area contributed by atoms with Gasteiger partial charge in [0.15, 0.2) is 0 Å². The van der Waals surface area contributed by atoms with Crippen molar-refractivity contribution in [2.24, 2.45) is 0 Å². The van der Waals surface area contributed by atoms with Crippen LogP contribution in [0, 0.1) is 0 Å². The van der Waals surface area contributed by atoms with Crippen LogP contribution in [0.1, 0.15) is 0 Å². The van der Waals surface area contributed by atoms with Crippen LogP contribution in [0.3, 0.4) is 0 Å². The highest BCUT2D eigenvalue weighted by molar-refractivity contribution is 6.63. The van der Waals surface area contributed by atoms with Crippen LogP contribution in [0.4, 0.5) is 0 Å². The van der Waals surface area contributed by atoms with Gasteiger partial charge in [-0.3, -0.25) is 0 Å². The molecule has 0 aromatic heterocycles. The predicted octanol–water partition coefficient (Wildman–Crippen LogP) is -0.141. The largest absolute Gasteiger partial charge is 0.0718 e. The fraction of sp³-hybridized carbons (Fsp3) is 1.00. The Morgan fingerprint density at radius 3 is 1.71 bits per heavy atom. The molecule has 7 heavy (non-hydrogen) atoms. The highest BCUT2D eigenvalue weighted by atomic mass is 28.3. The topological polar surface area (TPSA) is 0 Å². The van der Waals surface area contributed by atoms with Crippen molar-refractivity contribution in [3.63, 3.8) is 0 Å². The molecular formula is C3H6Si4. The van der Waals surface area contributed by atoms with E-state index in [0.29, 0.717) is 0 Å². The molecule has 4 heteroatoms. The lowest BCUT2D eigenvalue weighted by Gasteiger charge is -1.87. The van der Waals surface area contributed by atoms with Crippen molar-refractivity contribution >= 4 is 39.5 Å². The summed E-state index contributed by atoms with van der Waals surface area (Å²) in [6.45, 7) is 0. The molecule has 0 saturated carbocycles. The molecule has 0 unspecified atom stereocenters. The van der Waals surface area contributed by atoms with E-state index in [1.165, 1.54) is 17.0 Å². The summed E-state index contributed by atoms with van der Waals surface area (Å²) in [7, 11) is 9.08. The van der Waals surface area contributed by atoms with E-state index in [-0.39, 0.29) is 0 Å². The molecule has 0 aliphatic heterocycles. The van der Waals surface area contributed by atoms with E-state index in [4.69, 9.17) is 0 Å². The minimum Gasteiger partial charge on any atom is -0.0718 e. The van der Waals surface area contributed by atoms with Crippen LogP contribution in [-0.2, 0) is 0 Å². The van der Waals surface area contributed by atoms with Crippen LogP contribution in [0.15, 0.2) is 0 Å². The second kappa shape index (κ2) is 6.87. The number of hydrogen-bond donors (Lipinski definition) is 0. The molecule has 0 aliphatic carbocycles. The maximum absolute atomic E-state index is 3.42. The van der Waals surface area contributed by atoms with Gasteiger partial charge < -0.3 is 0 Å². The Labute approximate surface area is 57.0 Å². The summed E-state index contributed by atoms with van der Waals surface area (Å²) in [6.07, 6.45) is 0. The fourth-order valence-corrected chi connectivity index (χ4v) is 4.17. The van der Waals surface area contributed by atoms with Crippen LogP contribution in [-0.4, -0.2) is 39.5 Å².